The number of hydrogen-bond donors (Lipinski definition) is 1. The van der Waals surface area contributed by atoms with Gasteiger partial charge in [0.05, 0.1) is 26.3 Å². The van der Waals surface area contributed by atoms with E-state index >= 15 is 0 Å². The van der Waals surface area contributed by atoms with Crippen LogP contribution in [0, 0.1) is 11.8 Å². The fourth-order valence-electron chi connectivity index (χ4n) is 4.28. The van der Waals surface area contributed by atoms with E-state index in [2.05, 4.69) is 12.1 Å². The van der Waals surface area contributed by atoms with Gasteiger partial charge in [0.1, 0.15) is 6.10 Å². The molecule has 146 valence electrons. The second kappa shape index (κ2) is 6.41. The van der Waals surface area contributed by atoms with Crippen LogP contribution in [0.15, 0.2) is 24.3 Å². The lowest BCUT2D eigenvalue weighted by Gasteiger charge is -2.34. The zero-order valence-corrected chi connectivity index (χ0v) is 15.9. The van der Waals surface area contributed by atoms with Crippen molar-refractivity contribution in [3.63, 3.8) is 0 Å². The third kappa shape index (κ3) is 3.36. The van der Waals surface area contributed by atoms with Crippen molar-refractivity contribution in [1.82, 2.24) is 4.90 Å². The predicted molar refractivity (Wildman–Crippen MR) is 99.1 cm³/mol. The minimum Gasteiger partial charge on any atom is -0.465 e. The van der Waals surface area contributed by atoms with Crippen molar-refractivity contribution >= 4 is 17.9 Å². The van der Waals surface area contributed by atoms with Crippen molar-refractivity contribution in [3.8, 4) is 0 Å². The number of carboxylic acid groups (broad SMARTS) is 1. The number of nitrogens with zero attached hydrogens (tertiary/aromatic N) is 2. The predicted octanol–water partition coefficient (Wildman–Crippen LogP) is 3.15. The molecule has 2 amide bonds. The lowest BCUT2D eigenvalue weighted by atomic mass is 10.1. The van der Waals surface area contributed by atoms with Crippen molar-refractivity contribution in [2.45, 2.75) is 38.3 Å². The molecule has 2 saturated heterocycles. The molecule has 4 rings (SSSR count). The quantitative estimate of drug-likeness (QED) is 0.876. The fraction of sp³-hybridized carbons (Fsp3) is 0.600. The van der Waals surface area contributed by atoms with Gasteiger partial charge in [0.2, 0.25) is 0 Å². The number of hydrogen-bond acceptors (Lipinski definition) is 4. The van der Waals surface area contributed by atoms with Gasteiger partial charge in [-0.25, -0.2) is 9.59 Å². The van der Waals surface area contributed by atoms with E-state index in [1.165, 1.54) is 10.5 Å². The zero-order chi connectivity index (χ0) is 19.3. The van der Waals surface area contributed by atoms with Gasteiger partial charge in [0.15, 0.2) is 0 Å². The average molecular weight is 374 g/mol. The van der Waals surface area contributed by atoms with Crippen LogP contribution in [0.3, 0.4) is 0 Å². The molecule has 0 bridgehead atoms. The van der Waals surface area contributed by atoms with Crippen LogP contribution in [0.1, 0.15) is 32.3 Å². The lowest BCUT2D eigenvalue weighted by Crippen LogP contribution is -2.49. The van der Waals surface area contributed by atoms with E-state index in [-0.39, 0.29) is 6.54 Å². The highest BCUT2D eigenvalue weighted by molar-refractivity contribution is 5.89. The fourth-order valence-corrected chi connectivity index (χ4v) is 4.28. The normalized spacial score (nSPS) is 29.4. The molecule has 4 atom stereocenters. The third-order valence-corrected chi connectivity index (χ3v) is 5.84. The van der Waals surface area contributed by atoms with E-state index in [0.29, 0.717) is 24.3 Å². The maximum Gasteiger partial charge on any atom is 0.414 e. The van der Waals surface area contributed by atoms with Gasteiger partial charge in [0, 0.05) is 11.2 Å². The Morgan fingerprint density at radius 1 is 1.22 bits per heavy atom. The highest BCUT2D eigenvalue weighted by Crippen LogP contribution is 2.57. The number of amides is 2. The van der Waals surface area contributed by atoms with Gasteiger partial charge in [-0.2, -0.15) is 0 Å². The Morgan fingerprint density at radius 3 is 2.41 bits per heavy atom. The second-order valence-corrected chi connectivity index (χ2v) is 8.66. The number of ether oxygens (including phenoxy) is 2. The number of rotatable bonds is 4. The Labute approximate surface area is 158 Å². The minimum absolute atomic E-state index is 0.157. The van der Waals surface area contributed by atoms with E-state index in [0.717, 1.165) is 18.9 Å². The summed E-state index contributed by atoms with van der Waals surface area (Å²) in [5, 5.41) is 9.44. The van der Waals surface area contributed by atoms with Gasteiger partial charge in [-0.05, 0) is 56.2 Å². The van der Waals surface area contributed by atoms with E-state index in [1.54, 1.807) is 4.90 Å². The molecule has 0 aromatic heterocycles. The Morgan fingerprint density at radius 2 is 1.85 bits per heavy atom. The Bertz CT molecular complexity index is 732. The topological polar surface area (TPSA) is 79.3 Å². The number of benzene rings is 1. The molecule has 2 aliphatic heterocycles. The van der Waals surface area contributed by atoms with Crippen LogP contribution >= 0.6 is 0 Å². The molecule has 0 spiro atoms. The van der Waals surface area contributed by atoms with E-state index in [9.17, 15) is 14.7 Å². The van der Waals surface area contributed by atoms with Crippen LogP contribution in [0.4, 0.5) is 15.3 Å². The molecular weight excluding hydrogens is 348 g/mol. The first-order valence-corrected chi connectivity index (χ1v) is 9.42. The van der Waals surface area contributed by atoms with Gasteiger partial charge in [0.25, 0.3) is 0 Å². The molecule has 0 radical (unpaired) electrons. The first-order valence-electron chi connectivity index (χ1n) is 9.42. The summed E-state index contributed by atoms with van der Waals surface area (Å²) in [5.41, 5.74) is 1.52. The average Bonchev–Trinajstić information content (AvgIpc) is 2.92. The molecule has 1 aliphatic carbocycles. The van der Waals surface area contributed by atoms with Crippen LogP contribution in [0.25, 0.3) is 0 Å². The number of cyclic esters (lactones) is 1. The smallest absolute Gasteiger partial charge is 0.414 e. The third-order valence-electron chi connectivity index (χ3n) is 5.84. The van der Waals surface area contributed by atoms with Gasteiger partial charge in [-0.3, -0.25) is 9.80 Å². The molecule has 1 aromatic rings. The van der Waals surface area contributed by atoms with E-state index < -0.39 is 23.8 Å². The molecule has 7 heteroatoms. The van der Waals surface area contributed by atoms with Crippen LogP contribution in [-0.2, 0) is 9.47 Å². The number of anilines is 1. The van der Waals surface area contributed by atoms with Gasteiger partial charge in [-0.15, -0.1) is 0 Å². The molecule has 3 aliphatic rings. The largest absolute Gasteiger partial charge is 0.465 e. The van der Waals surface area contributed by atoms with Crippen molar-refractivity contribution in [2.75, 3.05) is 31.2 Å². The molecule has 1 N–H and O–H groups in total. The summed E-state index contributed by atoms with van der Waals surface area (Å²) in [6.45, 7) is 7.69. The van der Waals surface area contributed by atoms with Crippen LogP contribution < -0.4 is 4.90 Å². The maximum absolute atomic E-state index is 12.3. The van der Waals surface area contributed by atoms with E-state index in [4.69, 9.17) is 9.47 Å². The summed E-state index contributed by atoms with van der Waals surface area (Å²) < 4.78 is 10.9. The molecule has 3 fully saturated rings. The molecule has 27 heavy (non-hydrogen) atoms. The summed E-state index contributed by atoms with van der Waals surface area (Å²) >= 11 is 0. The van der Waals surface area contributed by atoms with Gasteiger partial charge in [-0.1, -0.05) is 12.1 Å². The highest BCUT2D eigenvalue weighted by atomic mass is 16.6. The molecule has 7 nitrogen and oxygen atoms in total. The monoisotopic (exact) mass is 374 g/mol. The number of fused-ring (bicyclic) bond motifs is 1. The summed E-state index contributed by atoms with van der Waals surface area (Å²) in [6.07, 6.45) is -1.92. The molecule has 1 saturated carbocycles. The van der Waals surface area contributed by atoms with Crippen LogP contribution in [0.2, 0.25) is 0 Å². The van der Waals surface area contributed by atoms with Crippen molar-refractivity contribution in [3.05, 3.63) is 29.8 Å². The molecule has 1 unspecified atom stereocenters. The van der Waals surface area contributed by atoms with Crippen molar-refractivity contribution in [1.29, 1.82) is 0 Å². The minimum atomic E-state index is -1.01. The molecule has 2 heterocycles. The summed E-state index contributed by atoms with van der Waals surface area (Å²) in [7, 11) is 0. The zero-order valence-electron chi connectivity index (χ0n) is 15.9. The standard InChI is InChI=1S/C20H26N2O5/c1-20(2,3)22(18(23)24)9-14-8-21(19(25)27-14)13-6-4-12(5-7-13)17-15-10-26-11-16(15)17/h4-7,14-17H,8-11H2,1-3H3,(H,23,24)/t14-,15-,16+,17?/m0/s1. The van der Waals surface area contributed by atoms with Crippen molar-refractivity contribution in [2.24, 2.45) is 11.8 Å². The maximum atomic E-state index is 12.3. The first kappa shape index (κ1) is 18.1. The van der Waals surface area contributed by atoms with Crippen molar-refractivity contribution < 1.29 is 24.2 Å². The summed E-state index contributed by atoms with van der Waals surface area (Å²) in [5.74, 6) is 1.88. The van der Waals surface area contributed by atoms with Crippen LogP contribution in [-0.4, -0.2) is 60.1 Å². The Balaban J connectivity index is 1.41. The second-order valence-electron chi connectivity index (χ2n) is 8.66. The SMILES string of the molecule is CC(C)(C)N(C[C@@H]1CN(c2ccc(C3[C@H]4COC[C@@H]34)cc2)C(=O)O1)C(=O)O. The first-order chi connectivity index (χ1) is 12.8. The van der Waals surface area contributed by atoms with Crippen LogP contribution in [0.5, 0.6) is 0 Å². The van der Waals surface area contributed by atoms with E-state index in [1.807, 2.05) is 32.9 Å². The summed E-state index contributed by atoms with van der Waals surface area (Å²) in [6, 6.07) is 8.06. The highest BCUT2D eigenvalue weighted by Gasteiger charge is 2.54. The Kier molecular flexibility index (Phi) is 4.29. The molecule has 1 aromatic carbocycles. The summed E-state index contributed by atoms with van der Waals surface area (Å²) in [4.78, 5) is 26.7. The van der Waals surface area contributed by atoms with Gasteiger partial charge >= 0.3 is 12.2 Å². The van der Waals surface area contributed by atoms with Gasteiger partial charge < -0.3 is 14.6 Å². The Hall–Kier alpha value is -2.28. The molecular formula is C20H26N2O5. The number of carbonyl (C=O) groups is 2. The number of carbonyl (C=O) groups excluding carboxylic acids is 1. The lowest BCUT2D eigenvalue weighted by molar-refractivity contribution is 0.0605.